The van der Waals surface area contributed by atoms with Crippen molar-refractivity contribution in [3.05, 3.63) is 28.3 Å². The Morgan fingerprint density at radius 3 is 2.68 bits per heavy atom. The van der Waals surface area contributed by atoms with Crippen LogP contribution in [0.2, 0.25) is 0 Å². The van der Waals surface area contributed by atoms with Gasteiger partial charge in [0.1, 0.15) is 5.84 Å². The van der Waals surface area contributed by atoms with E-state index in [1.807, 2.05) is 13.8 Å². The Hall–Kier alpha value is -2.19. The Morgan fingerprint density at radius 2 is 2.09 bits per heavy atom. The predicted molar refractivity (Wildman–Crippen MR) is 81.5 cm³/mol. The lowest BCUT2D eigenvalue weighted by molar-refractivity contribution is -0.384. The van der Waals surface area contributed by atoms with E-state index >= 15 is 0 Å². The van der Waals surface area contributed by atoms with Crippen molar-refractivity contribution < 1.29 is 19.1 Å². The van der Waals surface area contributed by atoms with E-state index in [1.54, 1.807) is 20.3 Å². The zero-order chi connectivity index (χ0) is 16.3. The van der Waals surface area contributed by atoms with Crippen LogP contribution in [0.25, 0.3) is 0 Å². The van der Waals surface area contributed by atoms with Crippen LogP contribution in [0.3, 0.4) is 0 Å². The van der Waals surface area contributed by atoms with Gasteiger partial charge in [-0.25, -0.2) is 0 Å². The number of rotatable bonds is 5. The molecule has 0 fully saturated rings. The number of benzene rings is 1. The molecular weight excluding hydrogens is 290 g/mol. The van der Waals surface area contributed by atoms with Crippen molar-refractivity contribution in [3.63, 3.8) is 0 Å². The molecule has 1 aliphatic heterocycles. The standard InChI is InChI=1S/C14H19N3O5/c1-14(2)13(15-8-12(20-3)21-4)16-10-6-5-9(17(18)19)7-11(10)22-14/h5-7,12H,8H2,1-4H3,(H,15,16). The summed E-state index contributed by atoms with van der Waals surface area (Å²) in [6.07, 6.45) is -0.441. The SMILES string of the molecule is COC(CN=C1Nc2ccc([N+](=O)[O-])cc2OC1(C)C)OC. The molecule has 1 N–H and O–H groups in total. The fraction of sp³-hybridized carbons (Fsp3) is 0.500. The molecule has 0 amide bonds. The molecule has 22 heavy (non-hydrogen) atoms. The van der Waals surface area contributed by atoms with E-state index in [2.05, 4.69) is 10.3 Å². The Bertz CT molecular complexity index is 596. The number of non-ortho nitro benzene ring substituents is 1. The Labute approximate surface area is 128 Å². The second-order valence-electron chi connectivity index (χ2n) is 5.27. The zero-order valence-electron chi connectivity index (χ0n) is 13.0. The number of fused-ring (bicyclic) bond motifs is 1. The number of amidine groups is 1. The molecule has 1 aliphatic rings. The van der Waals surface area contributed by atoms with Gasteiger partial charge >= 0.3 is 0 Å². The molecule has 0 saturated heterocycles. The van der Waals surface area contributed by atoms with Crippen LogP contribution in [-0.4, -0.2) is 43.4 Å². The van der Waals surface area contributed by atoms with Gasteiger partial charge in [-0.05, 0) is 19.9 Å². The van der Waals surface area contributed by atoms with E-state index in [0.29, 0.717) is 23.8 Å². The molecule has 0 aliphatic carbocycles. The first-order valence-electron chi connectivity index (χ1n) is 6.72. The van der Waals surface area contributed by atoms with Crippen LogP contribution in [0.4, 0.5) is 11.4 Å². The highest BCUT2D eigenvalue weighted by molar-refractivity contribution is 6.04. The molecular formula is C14H19N3O5. The maximum Gasteiger partial charge on any atom is 0.273 e. The smallest absolute Gasteiger partial charge is 0.273 e. The molecule has 1 aromatic carbocycles. The summed E-state index contributed by atoms with van der Waals surface area (Å²) in [6, 6.07) is 4.41. The lowest BCUT2D eigenvalue weighted by Gasteiger charge is -2.34. The summed E-state index contributed by atoms with van der Waals surface area (Å²) in [5.41, 5.74) is -0.125. The maximum atomic E-state index is 10.8. The van der Waals surface area contributed by atoms with E-state index in [-0.39, 0.29) is 5.69 Å². The molecule has 1 heterocycles. The monoisotopic (exact) mass is 309 g/mol. The second-order valence-corrected chi connectivity index (χ2v) is 5.27. The Morgan fingerprint density at radius 1 is 1.41 bits per heavy atom. The molecule has 0 unspecified atom stereocenters. The third-order valence-corrected chi connectivity index (χ3v) is 3.29. The number of aliphatic imine (C=N–C) groups is 1. The average Bonchev–Trinajstić information content (AvgIpc) is 2.47. The highest BCUT2D eigenvalue weighted by Crippen LogP contribution is 2.36. The van der Waals surface area contributed by atoms with Crippen LogP contribution in [0.5, 0.6) is 5.75 Å². The molecule has 8 nitrogen and oxygen atoms in total. The molecule has 0 bridgehead atoms. The highest BCUT2D eigenvalue weighted by atomic mass is 16.7. The highest BCUT2D eigenvalue weighted by Gasteiger charge is 2.34. The first-order chi connectivity index (χ1) is 10.4. The predicted octanol–water partition coefficient (Wildman–Crippen LogP) is 2.20. The average molecular weight is 309 g/mol. The van der Waals surface area contributed by atoms with Crippen molar-refractivity contribution in [1.29, 1.82) is 0 Å². The Balaban J connectivity index is 2.26. The number of nitro benzene ring substituents is 1. The minimum absolute atomic E-state index is 0.0180. The van der Waals surface area contributed by atoms with Crippen molar-refractivity contribution in [2.24, 2.45) is 4.99 Å². The lowest BCUT2D eigenvalue weighted by Crippen LogP contribution is -2.46. The first-order valence-corrected chi connectivity index (χ1v) is 6.72. The van der Waals surface area contributed by atoms with Gasteiger partial charge in [0.2, 0.25) is 0 Å². The first kappa shape index (κ1) is 16.2. The van der Waals surface area contributed by atoms with Gasteiger partial charge < -0.3 is 19.5 Å². The van der Waals surface area contributed by atoms with Gasteiger partial charge in [0.15, 0.2) is 17.6 Å². The minimum Gasteiger partial charge on any atom is -0.478 e. The molecule has 0 aromatic heterocycles. The molecule has 8 heteroatoms. The number of hydrogen-bond acceptors (Lipinski definition) is 6. The van der Waals surface area contributed by atoms with Crippen molar-refractivity contribution in [1.82, 2.24) is 0 Å². The number of nitro groups is 1. The third-order valence-electron chi connectivity index (χ3n) is 3.29. The molecule has 1 aromatic rings. The molecule has 0 atom stereocenters. The van der Waals surface area contributed by atoms with Crippen LogP contribution in [0.15, 0.2) is 23.2 Å². The number of nitrogens with one attached hydrogen (secondary N) is 1. The molecule has 2 rings (SSSR count). The summed E-state index contributed by atoms with van der Waals surface area (Å²) >= 11 is 0. The number of methoxy groups -OCH3 is 2. The van der Waals surface area contributed by atoms with Crippen LogP contribution in [-0.2, 0) is 9.47 Å². The molecule has 0 spiro atoms. The van der Waals surface area contributed by atoms with Gasteiger partial charge in [0.25, 0.3) is 5.69 Å². The minimum atomic E-state index is -0.742. The van der Waals surface area contributed by atoms with Crippen molar-refractivity contribution >= 4 is 17.2 Å². The summed E-state index contributed by atoms with van der Waals surface area (Å²) in [6.45, 7) is 3.97. The van der Waals surface area contributed by atoms with Crippen molar-refractivity contribution in [2.75, 3.05) is 26.1 Å². The van der Waals surface area contributed by atoms with E-state index in [4.69, 9.17) is 14.2 Å². The van der Waals surface area contributed by atoms with E-state index < -0.39 is 16.8 Å². The van der Waals surface area contributed by atoms with Gasteiger partial charge in [-0.1, -0.05) is 0 Å². The maximum absolute atomic E-state index is 10.8. The zero-order valence-corrected chi connectivity index (χ0v) is 13.0. The summed E-state index contributed by atoms with van der Waals surface area (Å²) in [4.78, 5) is 14.8. The van der Waals surface area contributed by atoms with Gasteiger partial charge in [0, 0.05) is 20.3 Å². The number of hydrogen-bond donors (Lipinski definition) is 1. The van der Waals surface area contributed by atoms with E-state index in [9.17, 15) is 10.1 Å². The van der Waals surface area contributed by atoms with Gasteiger partial charge in [-0.2, -0.15) is 0 Å². The van der Waals surface area contributed by atoms with Crippen LogP contribution < -0.4 is 10.1 Å². The number of nitrogens with zero attached hydrogens (tertiary/aromatic N) is 2. The number of ether oxygens (including phenoxy) is 3. The van der Waals surface area contributed by atoms with Gasteiger partial charge in [-0.3, -0.25) is 15.1 Å². The summed E-state index contributed by atoms with van der Waals surface area (Å²) < 4.78 is 16.0. The fourth-order valence-electron chi connectivity index (χ4n) is 2.05. The van der Waals surface area contributed by atoms with Crippen molar-refractivity contribution in [2.45, 2.75) is 25.7 Å². The van der Waals surface area contributed by atoms with E-state index in [0.717, 1.165) is 0 Å². The van der Waals surface area contributed by atoms with Crippen molar-refractivity contribution in [3.8, 4) is 5.75 Å². The van der Waals surface area contributed by atoms with Gasteiger partial charge in [-0.15, -0.1) is 0 Å². The normalized spacial score (nSPS) is 17.8. The quantitative estimate of drug-likeness (QED) is 0.509. The molecule has 120 valence electrons. The molecule has 0 radical (unpaired) electrons. The van der Waals surface area contributed by atoms with Crippen LogP contribution in [0, 0.1) is 10.1 Å². The summed E-state index contributed by atoms with van der Waals surface area (Å²) in [5.74, 6) is 1.03. The Kier molecular flexibility index (Phi) is 4.62. The van der Waals surface area contributed by atoms with E-state index in [1.165, 1.54) is 12.1 Å². The molecule has 0 saturated carbocycles. The second kappa shape index (κ2) is 6.29. The van der Waals surface area contributed by atoms with Gasteiger partial charge in [0.05, 0.1) is 23.2 Å². The largest absolute Gasteiger partial charge is 0.478 e. The number of anilines is 1. The summed E-state index contributed by atoms with van der Waals surface area (Å²) in [7, 11) is 3.08. The summed E-state index contributed by atoms with van der Waals surface area (Å²) in [5, 5.41) is 14.0. The topological polar surface area (TPSA) is 95.2 Å². The third kappa shape index (κ3) is 3.34. The van der Waals surface area contributed by atoms with Crippen LogP contribution >= 0.6 is 0 Å². The fourth-order valence-corrected chi connectivity index (χ4v) is 2.05. The van der Waals surface area contributed by atoms with Crippen LogP contribution in [0.1, 0.15) is 13.8 Å². The lowest BCUT2D eigenvalue weighted by atomic mass is 10.0.